The van der Waals surface area contributed by atoms with Crippen LogP contribution in [-0.4, -0.2) is 4.57 Å². The van der Waals surface area contributed by atoms with Crippen molar-refractivity contribution >= 4 is 49.6 Å². The third-order valence-corrected chi connectivity index (χ3v) is 14.1. The number of rotatable bonds is 10. The van der Waals surface area contributed by atoms with E-state index in [4.69, 9.17) is 0 Å². The van der Waals surface area contributed by atoms with Crippen LogP contribution in [0.4, 0.5) is 17.1 Å². The summed E-state index contributed by atoms with van der Waals surface area (Å²) in [7, 11) is 0. The van der Waals surface area contributed by atoms with Gasteiger partial charge in [0.25, 0.3) is 0 Å². The molecule has 0 N–H and O–H groups in total. The van der Waals surface area contributed by atoms with E-state index in [-0.39, 0.29) is 0 Å². The average molecular weight is 917 g/mol. The van der Waals surface area contributed by atoms with Gasteiger partial charge in [0.2, 0.25) is 0 Å². The summed E-state index contributed by atoms with van der Waals surface area (Å²) in [6.07, 6.45) is 0. The Morgan fingerprint density at radius 1 is 0.250 bits per heavy atom. The molecule has 2 heteroatoms. The molecule has 0 aliphatic carbocycles. The van der Waals surface area contributed by atoms with Crippen molar-refractivity contribution in [3.8, 4) is 72.4 Å². The topological polar surface area (TPSA) is 8.17 Å². The number of hydrogen-bond donors (Lipinski definition) is 0. The van der Waals surface area contributed by atoms with Crippen molar-refractivity contribution in [3.63, 3.8) is 0 Å². The molecule has 0 saturated carbocycles. The van der Waals surface area contributed by atoms with Crippen LogP contribution in [0.25, 0.3) is 105 Å². The molecular formula is C70H48N2. The Hall–Kier alpha value is -9.50. The van der Waals surface area contributed by atoms with E-state index in [0.29, 0.717) is 0 Å². The SMILES string of the molecule is c1ccc(-c2cc(-c3ccccc3)cc(-c3ccc(N(c4cc(-c5ccccc5)cc(-c5ccccc5)c4)c4cccc(-c5cccc6c5c5ccc7ccccc7c5n6-c5ccccc5)c4)cc3)c2)cc1. The summed E-state index contributed by atoms with van der Waals surface area (Å²) in [5.74, 6) is 0. The third kappa shape index (κ3) is 7.92. The van der Waals surface area contributed by atoms with Crippen molar-refractivity contribution < 1.29 is 0 Å². The molecule has 0 aliphatic heterocycles. The Morgan fingerprint density at radius 2 is 0.694 bits per heavy atom. The van der Waals surface area contributed by atoms with E-state index in [1.54, 1.807) is 0 Å². The highest BCUT2D eigenvalue weighted by Crippen LogP contribution is 2.45. The van der Waals surface area contributed by atoms with Crippen molar-refractivity contribution in [2.45, 2.75) is 0 Å². The summed E-state index contributed by atoms with van der Waals surface area (Å²) in [4.78, 5) is 2.43. The Bertz CT molecular complexity index is 3930. The van der Waals surface area contributed by atoms with E-state index in [0.717, 1.165) is 45.0 Å². The second-order valence-corrected chi connectivity index (χ2v) is 18.5. The fourth-order valence-corrected chi connectivity index (χ4v) is 10.7. The van der Waals surface area contributed by atoms with Gasteiger partial charge in [-0.2, -0.15) is 0 Å². The minimum Gasteiger partial charge on any atom is -0.310 e. The average Bonchev–Trinajstić information content (AvgIpc) is 3.82. The number of aromatic nitrogens is 1. The van der Waals surface area contributed by atoms with Crippen LogP contribution in [0.5, 0.6) is 0 Å². The van der Waals surface area contributed by atoms with Crippen molar-refractivity contribution in [3.05, 3.63) is 291 Å². The quantitative estimate of drug-likeness (QED) is 0.133. The molecule has 0 atom stereocenters. The highest BCUT2D eigenvalue weighted by molar-refractivity contribution is 6.22. The Morgan fingerprint density at radius 3 is 1.25 bits per heavy atom. The van der Waals surface area contributed by atoms with Gasteiger partial charge in [-0.05, 0) is 151 Å². The van der Waals surface area contributed by atoms with Gasteiger partial charge in [0, 0.05) is 38.9 Å². The number of para-hydroxylation sites is 1. The van der Waals surface area contributed by atoms with Gasteiger partial charge in [-0.25, -0.2) is 0 Å². The van der Waals surface area contributed by atoms with Crippen LogP contribution in [0.3, 0.4) is 0 Å². The predicted molar refractivity (Wildman–Crippen MR) is 306 cm³/mol. The molecule has 1 heterocycles. The lowest BCUT2D eigenvalue weighted by molar-refractivity contribution is 1.19. The van der Waals surface area contributed by atoms with E-state index in [1.165, 1.54) is 77.1 Å². The van der Waals surface area contributed by atoms with Gasteiger partial charge in [0.05, 0.1) is 11.0 Å². The van der Waals surface area contributed by atoms with Crippen LogP contribution in [-0.2, 0) is 0 Å². The zero-order chi connectivity index (χ0) is 47.8. The Kier molecular flexibility index (Phi) is 10.9. The molecule has 0 radical (unpaired) electrons. The zero-order valence-electron chi connectivity index (χ0n) is 39.6. The van der Waals surface area contributed by atoms with Gasteiger partial charge in [0.15, 0.2) is 0 Å². The molecule has 0 amide bonds. The maximum absolute atomic E-state index is 2.45. The zero-order valence-corrected chi connectivity index (χ0v) is 39.6. The molecular weight excluding hydrogens is 869 g/mol. The molecule has 0 saturated heterocycles. The second-order valence-electron chi connectivity index (χ2n) is 18.5. The lowest BCUT2D eigenvalue weighted by atomic mass is 9.93. The molecule has 13 rings (SSSR count). The lowest BCUT2D eigenvalue weighted by Crippen LogP contribution is -2.10. The first-order valence-electron chi connectivity index (χ1n) is 24.7. The van der Waals surface area contributed by atoms with Gasteiger partial charge >= 0.3 is 0 Å². The van der Waals surface area contributed by atoms with E-state index >= 15 is 0 Å². The maximum Gasteiger partial charge on any atom is 0.0619 e. The first-order chi connectivity index (χ1) is 35.7. The van der Waals surface area contributed by atoms with Crippen LogP contribution >= 0.6 is 0 Å². The molecule has 0 fully saturated rings. The fourth-order valence-electron chi connectivity index (χ4n) is 10.7. The van der Waals surface area contributed by atoms with Gasteiger partial charge in [-0.15, -0.1) is 0 Å². The van der Waals surface area contributed by atoms with Crippen molar-refractivity contribution in [2.24, 2.45) is 0 Å². The summed E-state index contributed by atoms with van der Waals surface area (Å²) < 4.78 is 2.45. The monoisotopic (exact) mass is 916 g/mol. The van der Waals surface area contributed by atoms with Gasteiger partial charge in [-0.1, -0.05) is 212 Å². The van der Waals surface area contributed by atoms with Crippen LogP contribution < -0.4 is 4.90 Å². The molecule has 0 aliphatic rings. The minimum atomic E-state index is 1.06. The fraction of sp³-hybridized carbons (Fsp3) is 0. The van der Waals surface area contributed by atoms with E-state index in [9.17, 15) is 0 Å². The van der Waals surface area contributed by atoms with Gasteiger partial charge < -0.3 is 9.47 Å². The number of anilines is 3. The highest BCUT2D eigenvalue weighted by Gasteiger charge is 2.21. The summed E-state index contributed by atoms with van der Waals surface area (Å²) >= 11 is 0. The molecule has 13 aromatic rings. The van der Waals surface area contributed by atoms with Gasteiger partial charge in [-0.3, -0.25) is 0 Å². The molecule has 0 spiro atoms. The van der Waals surface area contributed by atoms with Crippen molar-refractivity contribution in [1.29, 1.82) is 0 Å². The summed E-state index contributed by atoms with van der Waals surface area (Å²) in [6, 6.07) is 106. The smallest absolute Gasteiger partial charge is 0.0619 e. The third-order valence-electron chi connectivity index (χ3n) is 14.1. The van der Waals surface area contributed by atoms with Crippen molar-refractivity contribution in [1.82, 2.24) is 4.57 Å². The molecule has 0 bridgehead atoms. The summed E-state index contributed by atoms with van der Waals surface area (Å²) in [5, 5.41) is 4.93. The van der Waals surface area contributed by atoms with Crippen LogP contribution in [0.2, 0.25) is 0 Å². The van der Waals surface area contributed by atoms with Crippen LogP contribution in [0.15, 0.2) is 291 Å². The lowest BCUT2D eigenvalue weighted by Gasteiger charge is -2.28. The predicted octanol–water partition coefficient (Wildman–Crippen LogP) is 19.4. The molecule has 0 unspecified atom stereocenters. The molecule has 1 aromatic heterocycles. The van der Waals surface area contributed by atoms with E-state index in [1.807, 2.05) is 0 Å². The van der Waals surface area contributed by atoms with Crippen LogP contribution in [0.1, 0.15) is 0 Å². The Balaban J connectivity index is 1.01. The minimum absolute atomic E-state index is 1.06. The maximum atomic E-state index is 2.45. The van der Waals surface area contributed by atoms with E-state index in [2.05, 4.69) is 301 Å². The Labute approximate surface area is 420 Å². The number of nitrogens with zero attached hydrogens (tertiary/aromatic N) is 2. The molecule has 72 heavy (non-hydrogen) atoms. The van der Waals surface area contributed by atoms with E-state index < -0.39 is 0 Å². The number of fused-ring (bicyclic) bond motifs is 5. The highest BCUT2D eigenvalue weighted by atomic mass is 15.1. The molecule has 12 aromatic carbocycles. The largest absolute Gasteiger partial charge is 0.310 e. The van der Waals surface area contributed by atoms with Gasteiger partial charge in [0.1, 0.15) is 0 Å². The standard InChI is InChI=1S/C70H48N2/c1-6-20-49(21-7-1)56-42-57(50-22-8-2-9-23-50)44-58(43-56)53-36-39-62(40-37-53)71(64-47-59(51-24-10-3-11-25-51)45-60(48-64)52-26-12-4-13-27-52)63-32-18-29-55(46-63)65-34-19-35-68-69(65)67-41-38-54-28-16-17-33-66(54)70(67)72(68)61-30-14-5-15-31-61/h1-48H. The first-order valence-corrected chi connectivity index (χ1v) is 24.7. The first kappa shape index (κ1) is 42.6. The van der Waals surface area contributed by atoms with Crippen LogP contribution in [0, 0.1) is 0 Å². The number of benzene rings is 12. The normalized spacial score (nSPS) is 11.3. The molecule has 338 valence electrons. The van der Waals surface area contributed by atoms with Crippen molar-refractivity contribution in [2.75, 3.05) is 4.90 Å². The summed E-state index contributed by atoms with van der Waals surface area (Å²) in [5.41, 5.74) is 20.8. The second kappa shape index (κ2) is 18.4. The summed E-state index contributed by atoms with van der Waals surface area (Å²) in [6.45, 7) is 0. The molecule has 2 nitrogen and oxygen atoms in total. The number of hydrogen-bond acceptors (Lipinski definition) is 1.